The van der Waals surface area contributed by atoms with Crippen molar-refractivity contribution in [3.05, 3.63) is 158 Å². The molecule has 0 radical (unpaired) electrons. The van der Waals surface area contributed by atoms with Crippen LogP contribution in [0.4, 0.5) is 0 Å². The zero-order valence-electron chi connectivity index (χ0n) is 23.8. The van der Waals surface area contributed by atoms with Gasteiger partial charge in [-0.2, -0.15) is 0 Å². The molecule has 0 aliphatic carbocycles. The number of benzene rings is 6. The molecule has 0 unspecified atom stereocenters. The van der Waals surface area contributed by atoms with Gasteiger partial charge in [0.25, 0.3) is 0 Å². The van der Waals surface area contributed by atoms with Gasteiger partial charge < -0.3 is 4.57 Å². The third-order valence-corrected chi connectivity index (χ3v) is 8.60. The van der Waals surface area contributed by atoms with Crippen LogP contribution in [0.2, 0.25) is 0 Å². The van der Waals surface area contributed by atoms with Crippen LogP contribution < -0.4 is 0 Å². The molecule has 0 aliphatic rings. The maximum absolute atomic E-state index is 5.47. The van der Waals surface area contributed by atoms with Crippen LogP contribution in [0.15, 0.2) is 158 Å². The highest BCUT2D eigenvalue weighted by molar-refractivity contribution is 6.09. The molecule has 0 N–H and O–H groups in total. The Bertz CT molecular complexity index is 2440. The molecule has 0 amide bonds. The molecular weight excluding hydrogens is 536 g/mol. The first-order valence-electron chi connectivity index (χ1n) is 14.9. The summed E-state index contributed by atoms with van der Waals surface area (Å²) in [6, 6.07) is 53.3. The molecule has 3 aromatic heterocycles. The van der Waals surface area contributed by atoms with Crippen molar-refractivity contribution in [3.8, 4) is 34.0 Å². The largest absolute Gasteiger partial charge is 0.313 e. The van der Waals surface area contributed by atoms with Crippen molar-refractivity contribution in [2.75, 3.05) is 0 Å². The van der Waals surface area contributed by atoms with E-state index in [9.17, 15) is 0 Å². The van der Waals surface area contributed by atoms with Crippen molar-refractivity contribution in [1.29, 1.82) is 0 Å². The third-order valence-electron chi connectivity index (χ3n) is 8.60. The van der Waals surface area contributed by atoms with Crippen LogP contribution in [0, 0.1) is 0 Å². The number of nitrogens with zero attached hydrogens (tertiary/aromatic N) is 4. The highest BCUT2D eigenvalue weighted by atomic mass is 15.2. The number of hydrogen-bond acceptors (Lipinski definition) is 2. The van der Waals surface area contributed by atoms with E-state index >= 15 is 0 Å². The lowest BCUT2D eigenvalue weighted by molar-refractivity contribution is 1.01. The fraction of sp³-hybridized carbons (Fsp3) is 0. The molecule has 9 aromatic rings. The van der Waals surface area contributed by atoms with Gasteiger partial charge in [-0.1, -0.05) is 121 Å². The first-order valence-corrected chi connectivity index (χ1v) is 14.9. The maximum atomic E-state index is 5.47. The quantitative estimate of drug-likeness (QED) is 0.214. The molecule has 0 spiro atoms. The zero-order chi connectivity index (χ0) is 29.0. The highest BCUT2D eigenvalue weighted by Crippen LogP contribution is 2.40. The van der Waals surface area contributed by atoms with Gasteiger partial charge in [-0.25, -0.2) is 9.97 Å². The highest BCUT2D eigenvalue weighted by Gasteiger charge is 2.21. The van der Waals surface area contributed by atoms with Crippen LogP contribution in [0.1, 0.15) is 0 Å². The fourth-order valence-corrected chi connectivity index (χ4v) is 6.65. The van der Waals surface area contributed by atoms with Crippen molar-refractivity contribution in [2.24, 2.45) is 0 Å². The zero-order valence-corrected chi connectivity index (χ0v) is 23.8. The molecule has 9 rings (SSSR count). The number of rotatable bonds is 4. The SMILES string of the molecule is c1ccc(-n2ccc3nc(-n4c5ccccc5c5ccccc54)nc(-c4ccccc4-c4cccc5ccccc45)c32)cc1. The molecular formula is C40H26N4. The minimum absolute atomic E-state index is 0.656. The van der Waals surface area contributed by atoms with Gasteiger partial charge in [0.2, 0.25) is 5.95 Å². The molecule has 4 heteroatoms. The molecule has 44 heavy (non-hydrogen) atoms. The van der Waals surface area contributed by atoms with E-state index in [-0.39, 0.29) is 0 Å². The molecule has 4 nitrogen and oxygen atoms in total. The topological polar surface area (TPSA) is 35.6 Å². The Morgan fingerprint density at radius 1 is 0.432 bits per heavy atom. The van der Waals surface area contributed by atoms with E-state index in [1.165, 1.54) is 27.1 Å². The lowest BCUT2D eigenvalue weighted by Gasteiger charge is -2.16. The molecule has 0 atom stereocenters. The van der Waals surface area contributed by atoms with Gasteiger partial charge in [-0.15, -0.1) is 0 Å². The average molecular weight is 563 g/mol. The summed E-state index contributed by atoms with van der Waals surface area (Å²) in [6.07, 6.45) is 2.11. The standard InChI is InChI=1S/C40H26N4/c1-2-15-28(16-3-1)43-26-25-35-39(43)38(34-21-7-6-18-31(34)30-22-12-14-27-13-4-5-17-29(27)30)42-40(41-35)44-36-23-10-8-19-32(36)33-20-9-11-24-37(33)44/h1-26H. The fourth-order valence-electron chi connectivity index (χ4n) is 6.65. The van der Waals surface area contributed by atoms with Crippen LogP contribution in [0.3, 0.4) is 0 Å². The molecule has 0 aliphatic heterocycles. The minimum atomic E-state index is 0.656. The predicted molar refractivity (Wildman–Crippen MR) is 182 cm³/mol. The maximum Gasteiger partial charge on any atom is 0.235 e. The molecule has 0 fully saturated rings. The van der Waals surface area contributed by atoms with E-state index in [1.807, 2.05) is 6.07 Å². The number of fused-ring (bicyclic) bond motifs is 5. The molecule has 0 bridgehead atoms. The van der Waals surface area contributed by atoms with E-state index in [0.29, 0.717) is 5.95 Å². The average Bonchev–Trinajstić information content (AvgIpc) is 3.68. The molecule has 3 heterocycles. The minimum Gasteiger partial charge on any atom is -0.313 e. The summed E-state index contributed by atoms with van der Waals surface area (Å²) in [5.41, 5.74) is 9.39. The van der Waals surface area contributed by atoms with Crippen molar-refractivity contribution in [2.45, 2.75) is 0 Å². The van der Waals surface area contributed by atoms with Crippen molar-refractivity contribution < 1.29 is 0 Å². The molecule has 206 valence electrons. The first kappa shape index (κ1) is 24.6. The van der Waals surface area contributed by atoms with Gasteiger partial charge in [-0.05, 0) is 52.2 Å². The monoisotopic (exact) mass is 562 g/mol. The van der Waals surface area contributed by atoms with Gasteiger partial charge in [0.15, 0.2) is 0 Å². The second-order valence-corrected chi connectivity index (χ2v) is 11.1. The van der Waals surface area contributed by atoms with Gasteiger partial charge in [0.05, 0.1) is 22.1 Å². The van der Waals surface area contributed by atoms with Crippen molar-refractivity contribution >= 4 is 43.6 Å². The van der Waals surface area contributed by atoms with Gasteiger partial charge in [0.1, 0.15) is 5.69 Å². The Hall–Kier alpha value is -6.00. The lowest BCUT2D eigenvalue weighted by atomic mass is 9.93. The van der Waals surface area contributed by atoms with Gasteiger partial charge >= 0.3 is 0 Å². The Morgan fingerprint density at radius 3 is 1.80 bits per heavy atom. The van der Waals surface area contributed by atoms with Crippen LogP contribution in [-0.4, -0.2) is 19.1 Å². The molecule has 0 saturated carbocycles. The van der Waals surface area contributed by atoms with E-state index in [2.05, 4.69) is 161 Å². The first-order chi connectivity index (χ1) is 21.8. The predicted octanol–water partition coefficient (Wildman–Crippen LogP) is 10.0. The molecule has 6 aromatic carbocycles. The molecule has 0 saturated heterocycles. The Morgan fingerprint density at radius 2 is 1.02 bits per heavy atom. The van der Waals surface area contributed by atoms with E-state index in [4.69, 9.17) is 9.97 Å². The second kappa shape index (κ2) is 9.79. The normalized spacial score (nSPS) is 11.6. The van der Waals surface area contributed by atoms with Gasteiger partial charge in [-0.3, -0.25) is 4.57 Å². The van der Waals surface area contributed by atoms with Gasteiger partial charge in [0, 0.05) is 28.2 Å². The van der Waals surface area contributed by atoms with Crippen LogP contribution in [0.25, 0.3) is 77.6 Å². The lowest BCUT2D eigenvalue weighted by Crippen LogP contribution is -2.05. The van der Waals surface area contributed by atoms with Crippen LogP contribution in [0.5, 0.6) is 0 Å². The summed E-state index contributed by atoms with van der Waals surface area (Å²) in [6.45, 7) is 0. The van der Waals surface area contributed by atoms with Crippen LogP contribution in [-0.2, 0) is 0 Å². The summed E-state index contributed by atoms with van der Waals surface area (Å²) in [4.78, 5) is 10.7. The smallest absolute Gasteiger partial charge is 0.235 e. The Kier molecular flexibility index (Phi) is 5.47. The summed E-state index contributed by atoms with van der Waals surface area (Å²) in [7, 11) is 0. The van der Waals surface area contributed by atoms with E-state index in [1.54, 1.807) is 0 Å². The summed E-state index contributed by atoms with van der Waals surface area (Å²) in [5.74, 6) is 0.656. The van der Waals surface area contributed by atoms with Crippen molar-refractivity contribution in [1.82, 2.24) is 19.1 Å². The summed E-state index contributed by atoms with van der Waals surface area (Å²) >= 11 is 0. The Balaban J connectivity index is 1.40. The number of para-hydroxylation sites is 3. The summed E-state index contributed by atoms with van der Waals surface area (Å²) < 4.78 is 4.41. The third kappa shape index (κ3) is 3.71. The van der Waals surface area contributed by atoms with Crippen LogP contribution >= 0.6 is 0 Å². The number of hydrogen-bond donors (Lipinski definition) is 0. The van der Waals surface area contributed by atoms with E-state index in [0.717, 1.165) is 44.6 Å². The second-order valence-electron chi connectivity index (χ2n) is 11.1. The summed E-state index contributed by atoms with van der Waals surface area (Å²) in [5, 5.41) is 4.80. The number of aromatic nitrogens is 4. The Labute approximate surface area is 254 Å². The van der Waals surface area contributed by atoms with E-state index < -0.39 is 0 Å². The van der Waals surface area contributed by atoms with Crippen molar-refractivity contribution in [3.63, 3.8) is 0 Å².